The summed E-state index contributed by atoms with van der Waals surface area (Å²) in [5.74, 6) is -0.614. The SMILES string of the molecule is CC(/C=C/I)=C\C[C@H](O[Si](C)(C)C(C)(C)C)/C(C)=C/[C@H]1C=C(CO[Si](c2ccccc2)(c2ccccc2)C(C)(C)C)[C@H](C)C[C@]12O[C@@H](C(C)(C)C)OC2=O. The number of carbonyl (C=O) groups excluding carboxylic acids is 1. The fourth-order valence-electron chi connectivity index (χ4n) is 7.45. The van der Waals surface area contributed by atoms with Crippen LogP contribution in [-0.2, 0) is 23.1 Å². The first-order chi connectivity index (χ1) is 25.0. The van der Waals surface area contributed by atoms with Crippen molar-refractivity contribution in [1.29, 1.82) is 0 Å². The van der Waals surface area contributed by atoms with Gasteiger partial charge < -0.3 is 18.3 Å². The summed E-state index contributed by atoms with van der Waals surface area (Å²) in [7, 11) is -4.96. The van der Waals surface area contributed by atoms with Gasteiger partial charge in [-0.3, -0.25) is 0 Å². The largest absolute Gasteiger partial charge is 0.433 e. The summed E-state index contributed by atoms with van der Waals surface area (Å²) < 4.78 is 29.6. The minimum atomic E-state index is -2.80. The number of esters is 1. The van der Waals surface area contributed by atoms with Crippen LogP contribution < -0.4 is 10.4 Å². The molecule has 0 bridgehead atoms. The van der Waals surface area contributed by atoms with Crippen LogP contribution in [0.15, 0.2) is 106 Å². The van der Waals surface area contributed by atoms with Crippen LogP contribution in [0.1, 0.15) is 95.9 Å². The highest BCUT2D eigenvalue weighted by Crippen LogP contribution is 2.49. The molecule has 296 valence electrons. The Bertz CT molecular complexity index is 1670. The molecular weight excluding hydrogens is 816 g/mol. The maximum Gasteiger partial charge on any atom is 0.341 e. The monoisotopic (exact) mass is 882 g/mol. The van der Waals surface area contributed by atoms with E-state index in [4.69, 9.17) is 18.3 Å². The van der Waals surface area contributed by atoms with E-state index in [1.165, 1.54) is 21.5 Å². The highest BCUT2D eigenvalue weighted by Gasteiger charge is 2.59. The van der Waals surface area contributed by atoms with E-state index in [0.717, 1.165) is 12.0 Å². The van der Waals surface area contributed by atoms with Gasteiger partial charge in [-0.1, -0.05) is 182 Å². The average molecular weight is 883 g/mol. The van der Waals surface area contributed by atoms with Crippen LogP contribution in [0.4, 0.5) is 0 Å². The first kappa shape index (κ1) is 44.6. The van der Waals surface area contributed by atoms with Gasteiger partial charge in [0.1, 0.15) is 0 Å². The van der Waals surface area contributed by atoms with Gasteiger partial charge in [-0.15, -0.1) is 0 Å². The van der Waals surface area contributed by atoms with E-state index in [1.807, 2.05) is 4.08 Å². The molecule has 1 heterocycles. The van der Waals surface area contributed by atoms with Crippen molar-refractivity contribution in [3.05, 3.63) is 106 Å². The number of carbonyl (C=O) groups is 1. The topological polar surface area (TPSA) is 54.0 Å². The second kappa shape index (κ2) is 17.2. The van der Waals surface area contributed by atoms with Gasteiger partial charge in [0, 0.05) is 11.3 Å². The van der Waals surface area contributed by atoms with Gasteiger partial charge in [0.25, 0.3) is 8.32 Å². The minimum Gasteiger partial charge on any atom is -0.433 e. The molecule has 0 unspecified atom stereocenters. The van der Waals surface area contributed by atoms with Crippen molar-refractivity contribution in [2.75, 3.05) is 6.61 Å². The zero-order chi connectivity index (χ0) is 40.3. The number of cyclic esters (lactones) is 1. The third-order valence-corrected chi connectivity index (χ3v) is 21.6. The molecule has 0 N–H and O–H groups in total. The maximum atomic E-state index is 14.2. The standard InChI is InChI=1S/C46H67IO5Si2/c1-33(27-28-47)25-26-40(52-53(13,14)44(7,8)9)34(2)29-37-30-36(35(3)31-46(37)41(48)50-42(51-46)43(4,5)6)32-49-54(45(10,11)12,38-21-17-15-18-22-38)39-23-19-16-20-24-39/h15-25,27-30,35,37,40,42H,26,31-32H2,1-14H3/b28-27+,33-25+,34-29+/t35-,37+,40+,42+,46+/m1/s1. The highest BCUT2D eigenvalue weighted by molar-refractivity contribution is 14.1. The molecule has 1 fully saturated rings. The molecule has 54 heavy (non-hydrogen) atoms. The number of allylic oxidation sites excluding steroid dienone is 2. The van der Waals surface area contributed by atoms with Crippen molar-refractivity contribution in [3.63, 3.8) is 0 Å². The molecule has 0 aromatic heterocycles. The molecule has 1 spiro atoms. The number of hydrogen-bond donors (Lipinski definition) is 0. The van der Waals surface area contributed by atoms with Gasteiger partial charge >= 0.3 is 5.97 Å². The summed E-state index contributed by atoms with van der Waals surface area (Å²) in [5.41, 5.74) is 1.97. The number of rotatable bonds is 12. The number of ether oxygens (including phenoxy) is 2. The van der Waals surface area contributed by atoms with Crippen LogP contribution in [0, 0.1) is 17.3 Å². The van der Waals surface area contributed by atoms with Crippen molar-refractivity contribution in [1.82, 2.24) is 0 Å². The smallest absolute Gasteiger partial charge is 0.341 e. The van der Waals surface area contributed by atoms with Crippen LogP contribution in [0.3, 0.4) is 0 Å². The Morgan fingerprint density at radius 1 is 0.926 bits per heavy atom. The normalized spacial score (nSPS) is 24.2. The van der Waals surface area contributed by atoms with Gasteiger partial charge in [-0.05, 0) is 81.4 Å². The Hall–Kier alpha value is -2.09. The van der Waals surface area contributed by atoms with Gasteiger partial charge in [0.2, 0.25) is 6.29 Å². The lowest BCUT2D eigenvalue weighted by Gasteiger charge is -2.44. The predicted octanol–water partition coefficient (Wildman–Crippen LogP) is 11.5. The average Bonchev–Trinajstić information content (AvgIpc) is 3.41. The molecule has 5 nitrogen and oxygen atoms in total. The van der Waals surface area contributed by atoms with E-state index in [2.05, 4.69) is 204 Å². The lowest BCUT2D eigenvalue weighted by molar-refractivity contribution is -0.158. The lowest BCUT2D eigenvalue weighted by atomic mass is 9.71. The van der Waals surface area contributed by atoms with E-state index < -0.39 is 28.5 Å². The lowest BCUT2D eigenvalue weighted by Crippen LogP contribution is -2.66. The molecule has 2 aromatic carbocycles. The first-order valence-electron chi connectivity index (χ1n) is 19.6. The van der Waals surface area contributed by atoms with Crippen molar-refractivity contribution in [2.24, 2.45) is 17.3 Å². The molecule has 0 radical (unpaired) electrons. The summed E-state index contributed by atoms with van der Waals surface area (Å²) >= 11 is 2.27. The highest BCUT2D eigenvalue weighted by atomic mass is 127. The van der Waals surface area contributed by atoms with Gasteiger partial charge in [0.05, 0.1) is 12.7 Å². The molecule has 1 aliphatic carbocycles. The number of halogens is 1. The van der Waals surface area contributed by atoms with E-state index in [9.17, 15) is 4.79 Å². The van der Waals surface area contributed by atoms with Crippen molar-refractivity contribution < 1.29 is 23.1 Å². The van der Waals surface area contributed by atoms with Gasteiger partial charge in [-0.2, -0.15) is 0 Å². The van der Waals surface area contributed by atoms with E-state index in [1.54, 1.807) is 0 Å². The molecule has 0 amide bonds. The Kier molecular flexibility index (Phi) is 14.2. The molecular formula is C46H67IO5Si2. The summed E-state index contributed by atoms with van der Waals surface area (Å²) in [4.78, 5) is 14.2. The Morgan fingerprint density at radius 3 is 1.94 bits per heavy atom. The maximum absolute atomic E-state index is 14.2. The molecule has 1 aliphatic heterocycles. The van der Waals surface area contributed by atoms with Gasteiger partial charge in [-0.25, -0.2) is 4.79 Å². The summed E-state index contributed by atoms with van der Waals surface area (Å²) in [6, 6.07) is 21.6. The second-order valence-corrected chi connectivity index (χ2v) is 29.0. The van der Waals surface area contributed by atoms with Crippen molar-refractivity contribution in [3.8, 4) is 0 Å². The van der Waals surface area contributed by atoms with Crippen LogP contribution in [0.25, 0.3) is 0 Å². The summed E-state index contributed by atoms with van der Waals surface area (Å²) in [6.45, 7) is 31.5. The van der Waals surface area contributed by atoms with E-state index in [-0.39, 0.29) is 39.4 Å². The number of hydrogen-bond acceptors (Lipinski definition) is 5. The third-order valence-electron chi connectivity index (χ3n) is 11.8. The van der Waals surface area contributed by atoms with E-state index in [0.29, 0.717) is 13.0 Å². The second-order valence-electron chi connectivity index (χ2n) is 19.2. The summed E-state index contributed by atoms with van der Waals surface area (Å²) in [5, 5.41) is 2.38. The number of benzene rings is 2. The van der Waals surface area contributed by atoms with Gasteiger partial charge in [0.15, 0.2) is 13.9 Å². The molecule has 2 aromatic rings. The zero-order valence-electron chi connectivity index (χ0n) is 35.5. The fourth-order valence-corrected chi connectivity index (χ4v) is 13.9. The Morgan fingerprint density at radius 2 is 1.48 bits per heavy atom. The molecule has 5 atom stereocenters. The quantitative estimate of drug-likeness (QED) is 0.0699. The van der Waals surface area contributed by atoms with Crippen LogP contribution in [0.2, 0.25) is 23.2 Å². The molecule has 2 aliphatic rings. The molecule has 4 rings (SSSR count). The predicted molar refractivity (Wildman–Crippen MR) is 239 cm³/mol. The Balaban J connectivity index is 1.86. The van der Waals surface area contributed by atoms with E-state index >= 15 is 0 Å². The molecule has 8 heteroatoms. The fraction of sp³-hybridized carbons (Fsp3) is 0.543. The summed E-state index contributed by atoms with van der Waals surface area (Å²) in [6.07, 6.45) is 9.36. The van der Waals surface area contributed by atoms with Crippen molar-refractivity contribution in [2.45, 2.75) is 137 Å². The van der Waals surface area contributed by atoms with Crippen LogP contribution in [-0.4, -0.2) is 47.2 Å². The zero-order valence-corrected chi connectivity index (χ0v) is 39.7. The molecule has 0 saturated carbocycles. The van der Waals surface area contributed by atoms with Crippen LogP contribution in [0.5, 0.6) is 0 Å². The third kappa shape index (κ3) is 9.71. The Labute approximate surface area is 343 Å². The van der Waals surface area contributed by atoms with Crippen LogP contribution >= 0.6 is 22.6 Å². The van der Waals surface area contributed by atoms with Crippen molar-refractivity contribution >= 4 is 55.6 Å². The first-order valence-corrected chi connectivity index (χ1v) is 25.7. The minimum absolute atomic E-state index is 0.0318. The molecule has 1 saturated heterocycles.